The molecule has 0 bridgehead atoms. The van der Waals surface area contributed by atoms with Gasteiger partial charge in [-0.3, -0.25) is 0 Å². The largest absolute Gasteiger partial charge is 0.247 e. The van der Waals surface area contributed by atoms with E-state index in [9.17, 15) is 0 Å². The average molecular weight is 272 g/mol. The van der Waals surface area contributed by atoms with E-state index in [0.29, 0.717) is 12.5 Å². The highest BCUT2D eigenvalue weighted by atomic mass is 15.5. The zero-order valence-corrected chi connectivity index (χ0v) is 12.4. The molecule has 0 fully saturated rings. The Bertz CT molecular complexity index is 643. The van der Waals surface area contributed by atoms with Crippen LogP contribution in [0.3, 0.4) is 0 Å². The molecule has 6 nitrogen and oxygen atoms in total. The van der Waals surface area contributed by atoms with Crippen LogP contribution in [0.15, 0.2) is 12.3 Å². The van der Waals surface area contributed by atoms with E-state index in [2.05, 4.69) is 60.5 Å². The molecule has 0 aliphatic heterocycles. The van der Waals surface area contributed by atoms with Crippen LogP contribution in [0.25, 0.3) is 6.08 Å². The first-order valence-corrected chi connectivity index (χ1v) is 6.97. The van der Waals surface area contributed by atoms with E-state index in [1.807, 2.05) is 15.6 Å². The maximum absolute atomic E-state index is 4.30. The number of hydrogen-bond acceptors (Lipinski definition) is 4. The molecule has 0 N–H and O–H groups in total. The molecule has 0 amide bonds. The van der Waals surface area contributed by atoms with E-state index >= 15 is 0 Å². The van der Waals surface area contributed by atoms with Crippen LogP contribution in [0.2, 0.25) is 0 Å². The topological polar surface area (TPSA) is 61.4 Å². The highest BCUT2D eigenvalue weighted by Gasteiger charge is 2.20. The molecule has 3 rings (SSSR count). The predicted molar refractivity (Wildman–Crippen MR) is 76.2 cm³/mol. The minimum absolute atomic E-state index is 0.0541. The van der Waals surface area contributed by atoms with Crippen molar-refractivity contribution in [1.82, 2.24) is 30.0 Å². The van der Waals surface area contributed by atoms with E-state index < -0.39 is 0 Å². The monoisotopic (exact) mass is 272 g/mol. The highest BCUT2D eigenvalue weighted by molar-refractivity contribution is 5.51. The Balaban J connectivity index is 1.86. The van der Waals surface area contributed by atoms with Crippen molar-refractivity contribution in [3.63, 3.8) is 0 Å². The van der Waals surface area contributed by atoms with Gasteiger partial charge in [0.2, 0.25) is 0 Å². The fraction of sp³-hybridized carbons (Fsp3) is 0.571. The van der Waals surface area contributed by atoms with Crippen LogP contribution in [0, 0.1) is 0 Å². The number of hydrogen-bond donors (Lipinski definition) is 0. The molecule has 2 aromatic rings. The Kier molecular flexibility index (Phi) is 2.96. The van der Waals surface area contributed by atoms with E-state index in [1.165, 1.54) is 0 Å². The van der Waals surface area contributed by atoms with Crippen molar-refractivity contribution in [2.24, 2.45) is 0 Å². The lowest BCUT2D eigenvalue weighted by Crippen LogP contribution is -2.22. The van der Waals surface area contributed by atoms with Crippen molar-refractivity contribution in [2.75, 3.05) is 0 Å². The summed E-state index contributed by atoms with van der Waals surface area (Å²) in [5, 5.41) is 17.0. The molecule has 20 heavy (non-hydrogen) atoms. The van der Waals surface area contributed by atoms with E-state index in [-0.39, 0.29) is 5.54 Å². The molecule has 1 unspecified atom stereocenters. The zero-order chi connectivity index (χ0) is 14.3. The predicted octanol–water partition coefficient (Wildman–Crippen LogP) is 2.19. The Morgan fingerprint density at radius 3 is 2.75 bits per heavy atom. The third kappa shape index (κ3) is 2.26. The molecule has 0 spiro atoms. The van der Waals surface area contributed by atoms with Gasteiger partial charge in [0, 0.05) is 5.92 Å². The van der Waals surface area contributed by atoms with Gasteiger partial charge in [0.25, 0.3) is 0 Å². The first-order chi connectivity index (χ1) is 9.45. The van der Waals surface area contributed by atoms with Gasteiger partial charge in [0.05, 0.1) is 29.7 Å². The molecule has 106 valence electrons. The molecule has 6 heteroatoms. The van der Waals surface area contributed by atoms with Gasteiger partial charge in [-0.25, -0.2) is 9.36 Å². The second-order valence-corrected chi connectivity index (χ2v) is 6.38. The van der Waals surface area contributed by atoms with Gasteiger partial charge in [-0.05, 0) is 33.3 Å². The average Bonchev–Trinajstić information content (AvgIpc) is 2.98. The standard InChI is InChI=1S/C14H20N6/c1-10-6-5-7-12-13(10)16-17-19(12)8-11-9-20(18-15-11)14(2,3)4/h5,7,9-10H,6,8H2,1-4H3. The molecule has 1 aliphatic carbocycles. The first-order valence-electron chi connectivity index (χ1n) is 6.97. The fourth-order valence-corrected chi connectivity index (χ4v) is 2.32. The van der Waals surface area contributed by atoms with Crippen molar-refractivity contribution < 1.29 is 0 Å². The second-order valence-electron chi connectivity index (χ2n) is 6.38. The second kappa shape index (κ2) is 4.54. The number of rotatable bonds is 2. The van der Waals surface area contributed by atoms with Crippen LogP contribution < -0.4 is 0 Å². The van der Waals surface area contributed by atoms with Gasteiger partial charge in [-0.2, -0.15) is 0 Å². The summed E-state index contributed by atoms with van der Waals surface area (Å²) in [5.74, 6) is 0.439. The van der Waals surface area contributed by atoms with Crippen LogP contribution in [0.5, 0.6) is 0 Å². The minimum Gasteiger partial charge on any atom is -0.247 e. The smallest absolute Gasteiger partial charge is 0.104 e. The van der Waals surface area contributed by atoms with Gasteiger partial charge in [-0.1, -0.05) is 23.4 Å². The van der Waals surface area contributed by atoms with Gasteiger partial charge in [-0.15, -0.1) is 10.2 Å². The van der Waals surface area contributed by atoms with Crippen LogP contribution in [0.4, 0.5) is 0 Å². The summed E-state index contributed by atoms with van der Waals surface area (Å²) >= 11 is 0. The third-order valence-corrected chi connectivity index (χ3v) is 3.57. The van der Waals surface area contributed by atoms with Crippen molar-refractivity contribution in [2.45, 2.75) is 52.1 Å². The van der Waals surface area contributed by atoms with Crippen LogP contribution >= 0.6 is 0 Å². The maximum atomic E-state index is 4.30. The molecule has 2 heterocycles. The summed E-state index contributed by atoms with van der Waals surface area (Å²) in [6.07, 6.45) is 7.29. The highest BCUT2D eigenvalue weighted by Crippen LogP contribution is 2.27. The summed E-state index contributed by atoms with van der Waals surface area (Å²) in [4.78, 5) is 0. The quantitative estimate of drug-likeness (QED) is 0.840. The Labute approximate surface area is 118 Å². The molecule has 0 radical (unpaired) electrons. The maximum Gasteiger partial charge on any atom is 0.104 e. The van der Waals surface area contributed by atoms with Gasteiger partial charge >= 0.3 is 0 Å². The first kappa shape index (κ1) is 13.0. The molecular formula is C14H20N6. The van der Waals surface area contributed by atoms with Crippen LogP contribution in [-0.2, 0) is 12.1 Å². The molecule has 0 saturated heterocycles. The van der Waals surface area contributed by atoms with E-state index in [0.717, 1.165) is 23.5 Å². The molecule has 1 aliphatic rings. The lowest BCUT2D eigenvalue weighted by atomic mass is 9.97. The van der Waals surface area contributed by atoms with E-state index in [4.69, 9.17) is 0 Å². The van der Waals surface area contributed by atoms with Gasteiger partial charge < -0.3 is 0 Å². The summed E-state index contributed by atoms with van der Waals surface area (Å²) in [5.41, 5.74) is 3.02. The van der Waals surface area contributed by atoms with Gasteiger partial charge in [0.1, 0.15) is 5.69 Å². The van der Waals surface area contributed by atoms with Crippen molar-refractivity contribution in [3.05, 3.63) is 29.4 Å². The summed E-state index contributed by atoms with van der Waals surface area (Å²) in [6.45, 7) is 9.10. The molecular weight excluding hydrogens is 252 g/mol. The Morgan fingerprint density at radius 2 is 2.05 bits per heavy atom. The third-order valence-electron chi connectivity index (χ3n) is 3.57. The molecule has 0 saturated carbocycles. The number of aromatic nitrogens is 6. The number of fused-ring (bicyclic) bond motifs is 1. The Morgan fingerprint density at radius 1 is 1.25 bits per heavy atom. The summed E-state index contributed by atoms with van der Waals surface area (Å²) in [6, 6.07) is 0. The molecule has 0 aromatic carbocycles. The van der Waals surface area contributed by atoms with Gasteiger partial charge in [0.15, 0.2) is 0 Å². The van der Waals surface area contributed by atoms with Crippen molar-refractivity contribution >= 4 is 6.08 Å². The number of nitrogens with zero attached hydrogens (tertiary/aromatic N) is 6. The molecule has 2 aromatic heterocycles. The number of allylic oxidation sites excluding steroid dienone is 1. The zero-order valence-electron chi connectivity index (χ0n) is 12.4. The van der Waals surface area contributed by atoms with Crippen LogP contribution in [-0.4, -0.2) is 30.0 Å². The van der Waals surface area contributed by atoms with Crippen LogP contribution in [0.1, 0.15) is 57.1 Å². The van der Waals surface area contributed by atoms with Crippen molar-refractivity contribution in [3.8, 4) is 0 Å². The Hall–Kier alpha value is -1.98. The molecule has 1 atom stereocenters. The van der Waals surface area contributed by atoms with Crippen molar-refractivity contribution in [1.29, 1.82) is 0 Å². The summed E-state index contributed by atoms with van der Waals surface area (Å²) in [7, 11) is 0. The summed E-state index contributed by atoms with van der Waals surface area (Å²) < 4.78 is 3.78. The minimum atomic E-state index is -0.0541. The lowest BCUT2D eigenvalue weighted by molar-refractivity contribution is 0.347. The van der Waals surface area contributed by atoms with E-state index in [1.54, 1.807) is 0 Å². The lowest BCUT2D eigenvalue weighted by Gasteiger charge is -2.17. The fourth-order valence-electron chi connectivity index (χ4n) is 2.32. The SMILES string of the molecule is CC1CC=Cc2c1nnn2Cc1cn(C(C)(C)C)nn1. The normalized spacial score (nSPS) is 18.3.